The van der Waals surface area contributed by atoms with E-state index in [0.717, 1.165) is 6.07 Å². The van der Waals surface area contributed by atoms with Crippen LogP contribution in [0.4, 0.5) is 35.0 Å². The second kappa shape index (κ2) is 6.99. The van der Waals surface area contributed by atoms with Crippen LogP contribution >= 0.6 is 0 Å². The summed E-state index contributed by atoms with van der Waals surface area (Å²) in [6.45, 7) is 6.70. The molecule has 1 heterocycles. The molecule has 0 aromatic heterocycles. The number of nitrogens with two attached hydrogens (primary N) is 1. The highest BCUT2D eigenvalue weighted by Crippen LogP contribution is 2.40. The van der Waals surface area contributed by atoms with Crippen molar-refractivity contribution in [2.45, 2.75) is 32.5 Å². The van der Waals surface area contributed by atoms with Crippen molar-refractivity contribution < 1.29 is 27.4 Å². The normalized spacial score (nSPS) is 15.8. The molecular formula is C16H22F3N3O3. The van der Waals surface area contributed by atoms with Gasteiger partial charge in [0.25, 0.3) is 0 Å². The van der Waals surface area contributed by atoms with E-state index in [2.05, 4.69) is 5.32 Å². The quantitative estimate of drug-likeness (QED) is 0.789. The van der Waals surface area contributed by atoms with Crippen molar-refractivity contribution >= 4 is 23.2 Å². The number of benzene rings is 1. The number of carbonyl (C=O) groups is 1. The Balaban J connectivity index is 2.38. The van der Waals surface area contributed by atoms with Gasteiger partial charge in [0.2, 0.25) is 0 Å². The van der Waals surface area contributed by atoms with Crippen molar-refractivity contribution in [2.24, 2.45) is 0 Å². The first-order chi connectivity index (χ1) is 11.5. The lowest BCUT2D eigenvalue weighted by Gasteiger charge is -2.30. The minimum absolute atomic E-state index is 0.134. The molecule has 1 aliphatic rings. The smallest absolute Gasteiger partial charge is 0.418 e. The van der Waals surface area contributed by atoms with E-state index in [1.54, 1.807) is 25.7 Å². The molecule has 0 saturated carbocycles. The minimum Gasteiger partial charge on any atom is -0.444 e. The number of halogens is 3. The van der Waals surface area contributed by atoms with Crippen molar-refractivity contribution in [1.82, 2.24) is 0 Å². The molecule has 1 aromatic rings. The third-order valence-electron chi connectivity index (χ3n) is 3.48. The van der Waals surface area contributed by atoms with E-state index in [1.165, 1.54) is 6.07 Å². The number of nitrogens with one attached hydrogen (secondary N) is 1. The van der Waals surface area contributed by atoms with Crippen molar-refractivity contribution in [3.05, 3.63) is 17.7 Å². The van der Waals surface area contributed by atoms with Crippen molar-refractivity contribution in [2.75, 3.05) is 42.3 Å². The van der Waals surface area contributed by atoms with Gasteiger partial charge in [-0.1, -0.05) is 0 Å². The topological polar surface area (TPSA) is 76.8 Å². The molecule has 6 nitrogen and oxygen atoms in total. The number of amides is 1. The molecule has 0 aliphatic carbocycles. The van der Waals surface area contributed by atoms with Crippen LogP contribution in [0, 0.1) is 0 Å². The molecule has 0 bridgehead atoms. The average Bonchev–Trinajstić information content (AvgIpc) is 2.47. The molecule has 0 atom stereocenters. The van der Waals surface area contributed by atoms with Gasteiger partial charge in [0, 0.05) is 18.8 Å². The Morgan fingerprint density at radius 3 is 2.36 bits per heavy atom. The van der Waals surface area contributed by atoms with Gasteiger partial charge in [-0.25, -0.2) is 4.79 Å². The molecule has 1 aromatic carbocycles. The van der Waals surface area contributed by atoms with Gasteiger partial charge in [0.15, 0.2) is 0 Å². The van der Waals surface area contributed by atoms with Crippen LogP contribution in [0.1, 0.15) is 26.3 Å². The maximum atomic E-state index is 13.3. The fraction of sp³-hybridized carbons (Fsp3) is 0.562. The fourth-order valence-electron chi connectivity index (χ4n) is 2.39. The van der Waals surface area contributed by atoms with Crippen molar-refractivity contribution in [3.8, 4) is 0 Å². The van der Waals surface area contributed by atoms with E-state index < -0.39 is 29.1 Å². The van der Waals surface area contributed by atoms with Gasteiger partial charge < -0.3 is 20.1 Å². The third kappa shape index (κ3) is 5.15. The Bertz CT molecular complexity index is 636. The van der Waals surface area contributed by atoms with Crippen LogP contribution in [0.25, 0.3) is 0 Å². The molecule has 1 aliphatic heterocycles. The van der Waals surface area contributed by atoms with E-state index >= 15 is 0 Å². The number of hydrogen-bond donors (Lipinski definition) is 2. The molecule has 1 fully saturated rings. The van der Waals surface area contributed by atoms with E-state index in [9.17, 15) is 18.0 Å². The van der Waals surface area contributed by atoms with Crippen LogP contribution < -0.4 is 16.0 Å². The standard InChI is InChI=1S/C16H22F3N3O3/c1-15(2,3)25-14(23)21-12-9-10(22-4-6-24-7-5-22)8-11(13(12)20)16(17,18)19/h8-9H,4-7,20H2,1-3H3,(H,21,23). The second-order valence-electron chi connectivity index (χ2n) is 6.68. The predicted molar refractivity (Wildman–Crippen MR) is 88.7 cm³/mol. The van der Waals surface area contributed by atoms with E-state index in [-0.39, 0.29) is 5.69 Å². The molecule has 140 valence electrons. The summed E-state index contributed by atoms with van der Waals surface area (Å²) >= 11 is 0. The number of rotatable bonds is 2. The second-order valence-corrected chi connectivity index (χ2v) is 6.68. The van der Waals surface area contributed by atoms with Crippen LogP contribution in [0.2, 0.25) is 0 Å². The number of alkyl halides is 3. The summed E-state index contributed by atoms with van der Waals surface area (Å²) in [4.78, 5) is 13.7. The van der Waals surface area contributed by atoms with Gasteiger partial charge in [-0.05, 0) is 32.9 Å². The van der Waals surface area contributed by atoms with E-state index in [0.29, 0.717) is 32.0 Å². The van der Waals surface area contributed by atoms with Crippen LogP contribution in [-0.4, -0.2) is 38.0 Å². The Labute approximate surface area is 144 Å². The van der Waals surface area contributed by atoms with E-state index in [4.69, 9.17) is 15.2 Å². The maximum Gasteiger partial charge on any atom is 0.418 e. The van der Waals surface area contributed by atoms with Crippen LogP contribution in [0.3, 0.4) is 0 Å². The first kappa shape index (κ1) is 19.2. The lowest BCUT2D eigenvalue weighted by Crippen LogP contribution is -2.36. The van der Waals surface area contributed by atoms with E-state index in [1.807, 2.05) is 0 Å². The predicted octanol–water partition coefficient (Wildman–Crippen LogP) is 3.47. The molecular weight excluding hydrogens is 339 g/mol. The highest BCUT2D eigenvalue weighted by Gasteiger charge is 2.35. The molecule has 3 N–H and O–H groups in total. The number of ether oxygens (including phenoxy) is 2. The molecule has 0 spiro atoms. The monoisotopic (exact) mass is 361 g/mol. The lowest BCUT2D eigenvalue weighted by atomic mass is 10.1. The number of nitrogens with zero attached hydrogens (tertiary/aromatic N) is 1. The zero-order valence-corrected chi connectivity index (χ0v) is 14.4. The first-order valence-corrected chi connectivity index (χ1v) is 7.81. The molecule has 1 amide bonds. The SMILES string of the molecule is CC(C)(C)OC(=O)Nc1cc(N2CCOCC2)cc(C(F)(F)F)c1N. The molecule has 1 saturated heterocycles. The zero-order chi connectivity index (χ0) is 18.8. The van der Waals surface area contributed by atoms with Gasteiger partial charge in [-0.15, -0.1) is 0 Å². The minimum atomic E-state index is -4.64. The van der Waals surface area contributed by atoms with Gasteiger partial charge in [0.05, 0.1) is 30.2 Å². The van der Waals surface area contributed by atoms with Crippen LogP contribution in [-0.2, 0) is 15.7 Å². The van der Waals surface area contributed by atoms with Crippen molar-refractivity contribution in [3.63, 3.8) is 0 Å². The average molecular weight is 361 g/mol. The highest BCUT2D eigenvalue weighted by molar-refractivity contribution is 5.91. The Kier molecular flexibility index (Phi) is 5.36. The fourth-order valence-corrected chi connectivity index (χ4v) is 2.39. The summed E-state index contributed by atoms with van der Waals surface area (Å²) < 4.78 is 50.3. The summed E-state index contributed by atoms with van der Waals surface area (Å²) in [6.07, 6.45) is -5.51. The van der Waals surface area contributed by atoms with Crippen LogP contribution in [0.5, 0.6) is 0 Å². The summed E-state index contributed by atoms with van der Waals surface area (Å²) in [6, 6.07) is 2.40. The number of morpholine rings is 1. The zero-order valence-electron chi connectivity index (χ0n) is 14.4. The Morgan fingerprint density at radius 2 is 1.84 bits per heavy atom. The number of anilines is 3. The summed E-state index contributed by atoms with van der Waals surface area (Å²) in [5.41, 5.74) is 3.50. The molecule has 2 rings (SSSR count). The third-order valence-corrected chi connectivity index (χ3v) is 3.48. The van der Waals surface area contributed by atoms with Gasteiger partial charge in [0.1, 0.15) is 5.60 Å². The maximum absolute atomic E-state index is 13.3. The number of nitrogen functional groups attached to an aromatic ring is 1. The number of carbonyl (C=O) groups excluding carboxylic acids is 1. The summed E-state index contributed by atoms with van der Waals surface area (Å²) in [5, 5.41) is 2.31. The lowest BCUT2D eigenvalue weighted by molar-refractivity contribution is -0.136. The largest absolute Gasteiger partial charge is 0.444 e. The molecule has 0 radical (unpaired) electrons. The van der Waals surface area contributed by atoms with Crippen LogP contribution in [0.15, 0.2) is 12.1 Å². The number of hydrogen-bond acceptors (Lipinski definition) is 5. The van der Waals surface area contributed by atoms with Gasteiger partial charge in [-0.3, -0.25) is 5.32 Å². The highest BCUT2D eigenvalue weighted by atomic mass is 19.4. The molecule has 0 unspecified atom stereocenters. The van der Waals surface area contributed by atoms with Gasteiger partial charge >= 0.3 is 12.3 Å². The van der Waals surface area contributed by atoms with Gasteiger partial charge in [-0.2, -0.15) is 13.2 Å². The Morgan fingerprint density at radius 1 is 1.24 bits per heavy atom. The molecule has 25 heavy (non-hydrogen) atoms. The van der Waals surface area contributed by atoms with Crippen molar-refractivity contribution in [1.29, 1.82) is 0 Å². The summed E-state index contributed by atoms with van der Waals surface area (Å²) in [5.74, 6) is 0. The first-order valence-electron chi connectivity index (χ1n) is 7.81. The molecule has 9 heteroatoms. The Hall–Kier alpha value is -2.16. The summed E-state index contributed by atoms with van der Waals surface area (Å²) in [7, 11) is 0.